The molecule has 2 rings (SSSR count). The molecule has 1 heterocycles. The summed E-state index contributed by atoms with van der Waals surface area (Å²) < 4.78 is 0. The van der Waals surface area contributed by atoms with Gasteiger partial charge in [0.15, 0.2) is 0 Å². The van der Waals surface area contributed by atoms with Crippen LogP contribution in [0.15, 0.2) is 18.2 Å². The second-order valence-corrected chi connectivity index (χ2v) is 5.73. The van der Waals surface area contributed by atoms with Crippen molar-refractivity contribution in [3.05, 3.63) is 29.3 Å². The molecule has 0 aromatic heterocycles. The van der Waals surface area contributed by atoms with Gasteiger partial charge in [0.2, 0.25) is 0 Å². The van der Waals surface area contributed by atoms with Crippen LogP contribution in [0.4, 0.5) is 5.69 Å². The Morgan fingerprint density at radius 1 is 1.29 bits per heavy atom. The third-order valence-electron chi connectivity index (χ3n) is 4.19. The highest BCUT2D eigenvalue weighted by molar-refractivity contribution is 5.58. The molecule has 2 nitrogen and oxygen atoms in total. The van der Waals surface area contributed by atoms with Crippen LogP contribution in [0, 0.1) is 13.8 Å². The topological polar surface area (TPSA) is 15.3 Å². The molecule has 2 heteroatoms. The van der Waals surface area contributed by atoms with Gasteiger partial charge in [0, 0.05) is 23.8 Å². The van der Waals surface area contributed by atoms with Crippen LogP contribution in [0.3, 0.4) is 0 Å². The van der Waals surface area contributed by atoms with E-state index in [1.807, 2.05) is 0 Å². The van der Waals surface area contributed by atoms with Crippen LogP contribution >= 0.6 is 0 Å². The maximum Gasteiger partial charge on any atom is 0.0499 e. The number of nitrogens with one attached hydrogen (secondary N) is 1. The van der Waals surface area contributed by atoms with Gasteiger partial charge in [-0.25, -0.2) is 0 Å². The predicted octanol–water partition coefficient (Wildman–Crippen LogP) is 2.88. The van der Waals surface area contributed by atoms with Gasteiger partial charge in [-0.05, 0) is 58.4 Å². The molecular weight excluding hydrogens is 208 g/mol. The Hall–Kier alpha value is -1.02. The van der Waals surface area contributed by atoms with Crippen molar-refractivity contribution in [3.63, 3.8) is 0 Å². The number of benzene rings is 1. The summed E-state index contributed by atoms with van der Waals surface area (Å²) in [6, 6.07) is 7.31. The maximum atomic E-state index is 3.45. The first kappa shape index (κ1) is 12.4. The van der Waals surface area contributed by atoms with Crippen LogP contribution in [0.25, 0.3) is 0 Å². The molecule has 0 aliphatic carbocycles. The quantitative estimate of drug-likeness (QED) is 0.843. The highest BCUT2D eigenvalue weighted by atomic mass is 15.3. The van der Waals surface area contributed by atoms with Crippen molar-refractivity contribution in [3.8, 4) is 0 Å². The molecule has 1 aromatic rings. The molecule has 1 atom stereocenters. The second kappa shape index (κ2) is 4.34. The van der Waals surface area contributed by atoms with Gasteiger partial charge in [0.1, 0.15) is 0 Å². The summed E-state index contributed by atoms with van der Waals surface area (Å²) in [6.07, 6.45) is 1.22. The fourth-order valence-electron chi connectivity index (χ4n) is 3.03. The lowest BCUT2D eigenvalue weighted by atomic mass is 9.95. The van der Waals surface area contributed by atoms with Crippen molar-refractivity contribution >= 4 is 5.69 Å². The van der Waals surface area contributed by atoms with Crippen molar-refractivity contribution in [2.24, 2.45) is 0 Å². The number of anilines is 1. The second-order valence-electron chi connectivity index (χ2n) is 5.73. The number of nitrogens with zero attached hydrogens (tertiary/aromatic N) is 1. The van der Waals surface area contributed by atoms with Crippen molar-refractivity contribution in [1.29, 1.82) is 0 Å². The van der Waals surface area contributed by atoms with E-state index in [2.05, 4.69) is 63.2 Å². The van der Waals surface area contributed by atoms with E-state index in [1.165, 1.54) is 23.2 Å². The van der Waals surface area contributed by atoms with E-state index < -0.39 is 0 Å². The van der Waals surface area contributed by atoms with E-state index in [4.69, 9.17) is 0 Å². The van der Waals surface area contributed by atoms with Crippen LogP contribution in [-0.2, 0) is 0 Å². The third kappa shape index (κ3) is 2.06. The van der Waals surface area contributed by atoms with Gasteiger partial charge < -0.3 is 10.2 Å². The van der Waals surface area contributed by atoms with E-state index in [9.17, 15) is 0 Å². The number of hydrogen-bond donors (Lipinski definition) is 1. The fourth-order valence-corrected chi connectivity index (χ4v) is 3.03. The first-order chi connectivity index (χ1) is 7.96. The zero-order chi connectivity index (χ0) is 12.6. The Morgan fingerprint density at radius 3 is 2.59 bits per heavy atom. The molecule has 1 saturated heterocycles. The Kier molecular flexibility index (Phi) is 3.17. The van der Waals surface area contributed by atoms with Gasteiger partial charge in [0.25, 0.3) is 0 Å². The summed E-state index contributed by atoms with van der Waals surface area (Å²) in [6.45, 7) is 10.2. The van der Waals surface area contributed by atoms with Gasteiger partial charge in [-0.15, -0.1) is 0 Å². The first-order valence-corrected chi connectivity index (χ1v) is 6.49. The zero-order valence-electron chi connectivity index (χ0n) is 11.7. The van der Waals surface area contributed by atoms with Crippen molar-refractivity contribution < 1.29 is 0 Å². The van der Waals surface area contributed by atoms with E-state index in [0.717, 1.165) is 6.54 Å². The first-order valence-electron chi connectivity index (χ1n) is 6.49. The lowest BCUT2D eigenvalue weighted by Gasteiger charge is -2.38. The summed E-state index contributed by atoms with van der Waals surface area (Å²) in [5.74, 6) is 0. The largest absolute Gasteiger partial charge is 0.365 e. The molecule has 1 N–H and O–H groups in total. The molecule has 0 spiro atoms. The summed E-state index contributed by atoms with van der Waals surface area (Å²) in [5.41, 5.74) is 4.30. The minimum absolute atomic E-state index is 0.188. The number of likely N-dealkylation sites (N-methyl/N-ethyl adjacent to an activating group) is 1. The monoisotopic (exact) mass is 232 g/mol. The molecule has 0 amide bonds. The van der Waals surface area contributed by atoms with Crippen LogP contribution in [-0.4, -0.2) is 25.2 Å². The molecule has 1 aliphatic rings. The predicted molar refractivity (Wildman–Crippen MR) is 74.8 cm³/mol. The normalized spacial score (nSPS) is 23.1. The number of hydrogen-bond acceptors (Lipinski definition) is 2. The van der Waals surface area contributed by atoms with Gasteiger partial charge in [0.05, 0.1) is 0 Å². The summed E-state index contributed by atoms with van der Waals surface area (Å²) in [4.78, 5) is 2.55. The van der Waals surface area contributed by atoms with Crippen molar-refractivity contribution in [2.75, 3.05) is 18.5 Å². The molecule has 0 saturated carbocycles. The van der Waals surface area contributed by atoms with E-state index in [0.29, 0.717) is 6.04 Å². The van der Waals surface area contributed by atoms with Gasteiger partial charge in [-0.2, -0.15) is 0 Å². The molecule has 0 bridgehead atoms. The van der Waals surface area contributed by atoms with E-state index >= 15 is 0 Å². The van der Waals surface area contributed by atoms with Crippen LogP contribution < -0.4 is 10.2 Å². The molecule has 0 radical (unpaired) electrons. The smallest absolute Gasteiger partial charge is 0.0499 e. The minimum Gasteiger partial charge on any atom is -0.365 e. The Balaban J connectivity index is 2.38. The van der Waals surface area contributed by atoms with E-state index in [-0.39, 0.29) is 5.54 Å². The van der Waals surface area contributed by atoms with Crippen molar-refractivity contribution in [1.82, 2.24) is 5.32 Å². The van der Waals surface area contributed by atoms with E-state index in [1.54, 1.807) is 0 Å². The summed E-state index contributed by atoms with van der Waals surface area (Å²) in [7, 11) is 2.07. The number of aryl methyl sites for hydroxylation is 2. The Bertz CT molecular complexity index is 409. The summed E-state index contributed by atoms with van der Waals surface area (Å²) in [5, 5.41) is 3.45. The van der Waals surface area contributed by atoms with Crippen molar-refractivity contribution in [2.45, 2.75) is 45.7 Å². The highest BCUT2D eigenvalue weighted by Crippen LogP contribution is 2.35. The molecule has 1 aliphatic heterocycles. The number of rotatable bonds is 2. The molecule has 1 unspecified atom stereocenters. The molecule has 17 heavy (non-hydrogen) atoms. The molecule has 94 valence electrons. The minimum atomic E-state index is 0.188. The molecule has 1 fully saturated rings. The van der Waals surface area contributed by atoms with Gasteiger partial charge in [-0.1, -0.05) is 12.1 Å². The lowest BCUT2D eigenvalue weighted by molar-refractivity contribution is 0.402. The lowest BCUT2D eigenvalue weighted by Crippen LogP contribution is -2.50. The average Bonchev–Trinajstić information content (AvgIpc) is 2.57. The summed E-state index contributed by atoms with van der Waals surface area (Å²) >= 11 is 0. The maximum absolute atomic E-state index is 3.45. The highest BCUT2D eigenvalue weighted by Gasteiger charge is 2.40. The third-order valence-corrected chi connectivity index (χ3v) is 4.19. The average molecular weight is 232 g/mol. The zero-order valence-corrected chi connectivity index (χ0v) is 11.7. The molecular formula is C15H24N2. The van der Waals surface area contributed by atoms with Crippen LogP contribution in [0.2, 0.25) is 0 Å². The van der Waals surface area contributed by atoms with Crippen LogP contribution in [0.1, 0.15) is 31.4 Å². The SMILES string of the molecule is CNC1CCN(c2cc(C)ccc2C)C1(C)C. The van der Waals surface area contributed by atoms with Crippen LogP contribution in [0.5, 0.6) is 0 Å². The Morgan fingerprint density at radius 2 is 2.00 bits per heavy atom. The van der Waals surface area contributed by atoms with Gasteiger partial charge >= 0.3 is 0 Å². The molecule has 1 aromatic carbocycles. The fraction of sp³-hybridized carbons (Fsp3) is 0.600. The standard InChI is InChI=1S/C15H24N2/c1-11-6-7-12(2)13(10-11)17-9-8-14(16-5)15(17,3)4/h6-7,10,14,16H,8-9H2,1-5H3. The van der Waals surface area contributed by atoms with Gasteiger partial charge in [-0.3, -0.25) is 0 Å². The Labute approximate surface area is 105 Å².